The molecule has 0 spiro atoms. The number of amides is 1. The molecule has 0 aliphatic rings. The van der Waals surface area contributed by atoms with Gasteiger partial charge in [-0.25, -0.2) is 12.7 Å². The van der Waals surface area contributed by atoms with Gasteiger partial charge in [0.2, 0.25) is 10.0 Å². The fraction of sp³-hybridized carbons (Fsp3) is 0.312. The van der Waals surface area contributed by atoms with Gasteiger partial charge in [0, 0.05) is 24.7 Å². The summed E-state index contributed by atoms with van der Waals surface area (Å²) in [7, 11) is -0.595. The molecule has 124 valence electrons. The summed E-state index contributed by atoms with van der Waals surface area (Å²) >= 11 is 1.18. The van der Waals surface area contributed by atoms with Crippen molar-refractivity contribution in [3.8, 4) is 0 Å². The number of hydrogen-bond donors (Lipinski definition) is 1. The van der Waals surface area contributed by atoms with Gasteiger partial charge >= 0.3 is 0 Å². The van der Waals surface area contributed by atoms with Gasteiger partial charge in [-0.2, -0.15) is 0 Å². The maximum absolute atomic E-state index is 12.4. The second-order valence-electron chi connectivity index (χ2n) is 5.59. The van der Waals surface area contributed by atoms with Crippen LogP contribution in [0.2, 0.25) is 0 Å². The third kappa shape index (κ3) is 3.63. The lowest BCUT2D eigenvalue weighted by Crippen LogP contribution is -2.22. The van der Waals surface area contributed by atoms with Crippen molar-refractivity contribution in [2.45, 2.75) is 25.7 Å². The topological polar surface area (TPSA) is 66.5 Å². The molecule has 0 aliphatic heterocycles. The van der Waals surface area contributed by atoms with E-state index < -0.39 is 10.0 Å². The van der Waals surface area contributed by atoms with Gasteiger partial charge in [-0.15, -0.1) is 11.3 Å². The minimum atomic E-state index is -3.54. The van der Waals surface area contributed by atoms with Crippen molar-refractivity contribution in [2.75, 3.05) is 19.4 Å². The lowest BCUT2D eigenvalue weighted by molar-refractivity contribution is 0.103. The van der Waals surface area contributed by atoms with Gasteiger partial charge in [-0.1, -0.05) is 17.7 Å². The summed E-state index contributed by atoms with van der Waals surface area (Å²) in [5.41, 5.74) is 2.81. The Kier molecular flexibility index (Phi) is 4.93. The number of aryl methyl sites for hydroxylation is 3. The lowest BCUT2D eigenvalue weighted by atomic mass is 10.1. The van der Waals surface area contributed by atoms with E-state index in [1.54, 1.807) is 6.92 Å². The predicted molar refractivity (Wildman–Crippen MR) is 93.8 cm³/mol. The number of benzene rings is 1. The molecule has 0 fully saturated rings. The maximum atomic E-state index is 12.4. The van der Waals surface area contributed by atoms with Crippen LogP contribution >= 0.6 is 11.3 Å². The van der Waals surface area contributed by atoms with Gasteiger partial charge in [-0.05, 0) is 38.5 Å². The quantitative estimate of drug-likeness (QED) is 0.919. The van der Waals surface area contributed by atoms with Gasteiger partial charge in [-0.3, -0.25) is 4.79 Å². The molecule has 1 heterocycles. The first-order chi connectivity index (χ1) is 10.6. The molecule has 0 radical (unpaired) electrons. The third-order valence-electron chi connectivity index (χ3n) is 3.48. The standard InChI is InChI=1S/C16H20N2O3S2/c1-10-6-7-13(11(2)8-10)17-16(19)14-9-15(12(3)22-14)23(20,21)18(4)5/h6-9H,1-5H3,(H,17,19). The first-order valence-electron chi connectivity index (χ1n) is 7.04. The third-order valence-corrected chi connectivity index (χ3v) is 6.60. The van der Waals surface area contributed by atoms with Crippen molar-refractivity contribution in [1.29, 1.82) is 0 Å². The number of hydrogen-bond acceptors (Lipinski definition) is 4. The number of thiophene rings is 1. The summed E-state index contributed by atoms with van der Waals surface area (Å²) in [6.07, 6.45) is 0. The van der Waals surface area contributed by atoms with E-state index in [4.69, 9.17) is 0 Å². The Balaban J connectivity index is 2.31. The smallest absolute Gasteiger partial charge is 0.265 e. The molecule has 0 bridgehead atoms. The van der Waals surface area contributed by atoms with E-state index in [1.165, 1.54) is 31.5 Å². The fourth-order valence-corrected chi connectivity index (χ4v) is 4.52. The summed E-state index contributed by atoms with van der Waals surface area (Å²) in [6.45, 7) is 5.61. The normalized spacial score (nSPS) is 11.7. The SMILES string of the molecule is Cc1ccc(NC(=O)c2cc(S(=O)(=O)N(C)C)c(C)s2)c(C)c1. The van der Waals surface area contributed by atoms with Crippen molar-refractivity contribution < 1.29 is 13.2 Å². The number of carbonyl (C=O) groups is 1. The monoisotopic (exact) mass is 352 g/mol. The van der Waals surface area contributed by atoms with E-state index in [-0.39, 0.29) is 10.8 Å². The highest BCUT2D eigenvalue weighted by Gasteiger charge is 2.24. The molecular formula is C16H20N2O3S2. The minimum Gasteiger partial charge on any atom is -0.321 e. The van der Waals surface area contributed by atoms with Gasteiger partial charge < -0.3 is 5.32 Å². The minimum absolute atomic E-state index is 0.179. The van der Waals surface area contributed by atoms with Crippen LogP contribution in [0.5, 0.6) is 0 Å². The summed E-state index contributed by atoms with van der Waals surface area (Å²) in [5, 5.41) is 2.84. The molecule has 23 heavy (non-hydrogen) atoms. The Hall–Kier alpha value is -1.70. The molecule has 0 atom stereocenters. The summed E-state index contributed by atoms with van der Waals surface area (Å²) < 4.78 is 25.6. The summed E-state index contributed by atoms with van der Waals surface area (Å²) in [5.74, 6) is -0.301. The van der Waals surface area contributed by atoms with E-state index in [0.717, 1.165) is 21.1 Å². The average Bonchev–Trinajstić information content (AvgIpc) is 2.84. The number of rotatable bonds is 4. The Bertz CT molecular complexity index is 852. The zero-order chi connectivity index (χ0) is 17.4. The highest BCUT2D eigenvalue weighted by atomic mass is 32.2. The van der Waals surface area contributed by atoms with Crippen LogP contribution in [-0.4, -0.2) is 32.7 Å². The largest absolute Gasteiger partial charge is 0.321 e. The van der Waals surface area contributed by atoms with Crippen LogP contribution < -0.4 is 5.32 Å². The molecule has 2 aromatic rings. The summed E-state index contributed by atoms with van der Waals surface area (Å²) in [4.78, 5) is 13.6. The van der Waals surface area contributed by atoms with Crippen LogP contribution in [-0.2, 0) is 10.0 Å². The van der Waals surface area contributed by atoms with Crippen molar-refractivity contribution in [2.24, 2.45) is 0 Å². The Labute approximate surface area is 141 Å². The molecule has 5 nitrogen and oxygen atoms in total. The number of sulfonamides is 1. The van der Waals surface area contributed by atoms with Gasteiger partial charge in [0.1, 0.15) is 0 Å². The molecule has 1 aromatic heterocycles. The molecule has 2 rings (SSSR count). The number of anilines is 1. The molecule has 1 aromatic carbocycles. The molecule has 1 N–H and O–H groups in total. The average molecular weight is 352 g/mol. The Morgan fingerprint density at radius 2 is 1.78 bits per heavy atom. The molecule has 1 amide bonds. The van der Waals surface area contributed by atoms with Crippen LogP contribution in [0.3, 0.4) is 0 Å². The highest BCUT2D eigenvalue weighted by molar-refractivity contribution is 7.89. The number of nitrogens with zero attached hydrogens (tertiary/aromatic N) is 1. The number of nitrogens with one attached hydrogen (secondary N) is 1. The Morgan fingerprint density at radius 1 is 1.13 bits per heavy atom. The Morgan fingerprint density at radius 3 is 2.35 bits per heavy atom. The van der Waals surface area contributed by atoms with Gasteiger partial charge in [0.25, 0.3) is 5.91 Å². The lowest BCUT2D eigenvalue weighted by Gasteiger charge is -2.10. The van der Waals surface area contributed by atoms with Crippen LogP contribution in [0.4, 0.5) is 5.69 Å². The van der Waals surface area contributed by atoms with Crippen molar-refractivity contribution in [3.05, 3.63) is 45.1 Å². The fourth-order valence-electron chi connectivity index (χ4n) is 2.17. The molecule has 7 heteroatoms. The second kappa shape index (κ2) is 6.43. The van der Waals surface area contributed by atoms with Crippen LogP contribution in [0.1, 0.15) is 25.7 Å². The first-order valence-corrected chi connectivity index (χ1v) is 9.30. The highest BCUT2D eigenvalue weighted by Crippen LogP contribution is 2.28. The number of carbonyl (C=O) groups excluding carboxylic acids is 1. The molecule has 0 saturated heterocycles. The van der Waals surface area contributed by atoms with Crippen molar-refractivity contribution in [1.82, 2.24) is 4.31 Å². The zero-order valence-corrected chi connectivity index (χ0v) is 15.4. The van der Waals surface area contributed by atoms with Gasteiger partial charge in [0.15, 0.2) is 0 Å². The van der Waals surface area contributed by atoms with Gasteiger partial charge in [0.05, 0.1) is 9.77 Å². The molecule has 0 saturated carbocycles. The van der Waals surface area contributed by atoms with E-state index in [1.807, 2.05) is 32.0 Å². The first kappa shape index (κ1) is 17.7. The van der Waals surface area contributed by atoms with Crippen LogP contribution in [0, 0.1) is 20.8 Å². The molecule has 0 aliphatic carbocycles. The van der Waals surface area contributed by atoms with E-state index in [9.17, 15) is 13.2 Å². The zero-order valence-electron chi connectivity index (χ0n) is 13.8. The molecule has 0 unspecified atom stereocenters. The predicted octanol–water partition coefficient (Wildman–Crippen LogP) is 3.18. The van der Waals surface area contributed by atoms with Crippen LogP contribution in [0.25, 0.3) is 0 Å². The van der Waals surface area contributed by atoms with E-state index >= 15 is 0 Å². The second-order valence-corrected chi connectivity index (χ2v) is 8.97. The summed E-state index contributed by atoms with van der Waals surface area (Å²) in [6, 6.07) is 7.19. The van der Waals surface area contributed by atoms with Crippen molar-refractivity contribution >= 4 is 33.0 Å². The van der Waals surface area contributed by atoms with Crippen molar-refractivity contribution in [3.63, 3.8) is 0 Å². The van der Waals surface area contributed by atoms with E-state index in [0.29, 0.717) is 9.75 Å². The van der Waals surface area contributed by atoms with Crippen LogP contribution in [0.15, 0.2) is 29.2 Å². The van der Waals surface area contributed by atoms with E-state index in [2.05, 4.69) is 5.32 Å². The molecular weight excluding hydrogens is 332 g/mol. The maximum Gasteiger partial charge on any atom is 0.265 e.